The molecule has 0 saturated carbocycles. The number of hydrogen-bond acceptors (Lipinski definition) is 6. The Kier molecular flexibility index (Phi) is 7.22. The van der Waals surface area contributed by atoms with Crippen molar-refractivity contribution in [2.45, 2.75) is 19.8 Å². The number of amides is 3. The first kappa shape index (κ1) is 23.4. The Morgan fingerprint density at radius 3 is 2.71 bits per heavy atom. The molecule has 1 aliphatic rings. The number of nitrogens with one attached hydrogen (secondary N) is 1. The number of carbonyl (C=O) groups is 3. The third kappa shape index (κ3) is 5.60. The van der Waals surface area contributed by atoms with Crippen molar-refractivity contribution in [2.24, 2.45) is 0 Å². The van der Waals surface area contributed by atoms with Gasteiger partial charge in [-0.2, -0.15) is 0 Å². The maximum Gasteiger partial charge on any atom is 0.293 e. The highest BCUT2D eigenvalue weighted by molar-refractivity contribution is 8.18. The predicted molar refractivity (Wildman–Crippen MR) is 127 cm³/mol. The molecule has 0 bridgehead atoms. The summed E-state index contributed by atoms with van der Waals surface area (Å²) in [4.78, 5) is 42.3. The number of nitrogens with zero attached hydrogens (tertiary/aromatic N) is 2. The van der Waals surface area contributed by atoms with Crippen molar-refractivity contribution in [3.05, 3.63) is 82.5 Å². The van der Waals surface area contributed by atoms with Crippen molar-refractivity contribution in [2.75, 3.05) is 13.1 Å². The van der Waals surface area contributed by atoms with Gasteiger partial charge in [0.1, 0.15) is 5.82 Å². The summed E-state index contributed by atoms with van der Waals surface area (Å²) in [6.07, 6.45) is 3.47. The van der Waals surface area contributed by atoms with E-state index in [1.165, 1.54) is 18.2 Å². The second-order valence-electron chi connectivity index (χ2n) is 7.69. The van der Waals surface area contributed by atoms with E-state index in [0.29, 0.717) is 18.1 Å². The summed E-state index contributed by atoms with van der Waals surface area (Å²) in [5.41, 5.74) is 2.29. The van der Waals surface area contributed by atoms with E-state index in [0.717, 1.165) is 27.8 Å². The highest BCUT2D eigenvalue weighted by Crippen LogP contribution is 2.32. The first-order valence-electron chi connectivity index (χ1n) is 10.7. The van der Waals surface area contributed by atoms with E-state index in [4.69, 9.17) is 4.42 Å². The predicted octanol–water partition coefficient (Wildman–Crippen LogP) is 4.57. The number of imide groups is 1. The number of oxazole rings is 1. The van der Waals surface area contributed by atoms with Gasteiger partial charge in [0, 0.05) is 37.1 Å². The van der Waals surface area contributed by atoms with Crippen molar-refractivity contribution in [1.82, 2.24) is 15.2 Å². The van der Waals surface area contributed by atoms with Gasteiger partial charge in [-0.05, 0) is 30.8 Å². The minimum absolute atomic E-state index is 0.0294. The fourth-order valence-electron chi connectivity index (χ4n) is 3.32. The van der Waals surface area contributed by atoms with Crippen molar-refractivity contribution in [3.8, 4) is 11.3 Å². The molecule has 1 aromatic heterocycles. The highest BCUT2D eigenvalue weighted by Gasteiger charge is 2.34. The molecule has 1 N–H and O–H groups in total. The highest BCUT2D eigenvalue weighted by atomic mass is 32.2. The molecular formula is C25H22FN3O4S. The lowest BCUT2D eigenvalue weighted by atomic mass is 10.1. The number of hydrogen-bond donors (Lipinski definition) is 1. The molecule has 3 aromatic rings. The fraction of sp³-hybridized carbons (Fsp3) is 0.200. The van der Waals surface area contributed by atoms with E-state index in [1.54, 1.807) is 18.3 Å². The molecule has 3 amide bonds. The van der Waals surface area contributed by atoms with Crippen molar-refractivity contribution in [3.63, 3.8) is 0 Å². The molecule has 1 aliphatic heterocycles. The molecule has 34 heavy (non-hydrogen) atoms. The van der Waals surface area contributed by atoms with Crippen LogP contribution in [0.1, 0.15) is 23.4 Å². The molecule has 2 heterocycles. The minimum atomic E-state index is -0.504. The monoisotopic (exact) mass is 479 g/mol. The number of carbonyl (C=O) groups excluding carboxylic acids is 3. The molecule has 174 valence electrons. The average molecular weight is 480 g/mol. The molecule has 0 unspecified atom stereocenters. The van der Waals surface area contributed by atoms with Crippen molar-refractivity contribution >= 4 is 34.9 Å². The van der Waals surface area contributed by atoms with E-state index < -0.39 is 17.0 Å². The fourth-order valence-corrected chi connectivity index (χ4v) is 4.18. The number of rotatable bonds is 8. The summed E-state index contributed by atoms with van der Waals surface area (Å²) in [6, 6.07) is 13.9. The molecule has 9 heteroatoms. The number of benzene rings is 2. The molecule has 0 spiro atoms. The SMILES string of the molecule is Cc1ccc(-c2cnc(CCC(=O)NCCN3C(=O)S/C(=C\c4ccccc4F)C3=O)o2)cc1. The second-order valence-corrected chi connectivity index (χ2v) is 8.68. The summed E-state index contributed by atoms with van der Waals surface area (Å²) in [5.74, 6) is -0.133. The normalized spacial score (nSPS) is 14.8. The third-order valence-corrected chi connectivity index (χ3v) is 6.09. The molecule has 1 fully saturated rings. The van der Waals surface area contributed by atoms with E-state index in [1.807, 2.05) is 31.2 Å². The quantitative estimate of drug-likeness (QED) is 0.476. The lowest BCUT2D eigenvalue weighted by molar-refractivity contribution is -0.124. The first-order chi connectivity index (χ1) is 16.4. The average Bonchev–Trinajstić information content (AvgIpc) is 3.40. The Morgan fingerprint density at radius 1 is 1.18 bits per heavy atom. The zero-order chi connectivity index (χ0) is 24.1. The van der Waals surface area contributed by atoms with Gasteiger partial charge in [0.15, 0.2) is 11.7 Å². The third-order valence-electron chi connectivity index (χ3n) is 5.18. The Balaban J connectivity index is 1.24. The van der Waals surface area contributed by atoms with Gasteiger partial charge in [-0.3, -0.25) is 19.3 Å². The Hall–Kier alpha value is -3.72. The molecular weight excluding hydrogens is 457 g/mol. The van der Waals surface area contributed by atoms with Crippen LogP contribution in [0, 0.1) is 12.7 Å². The lowest BCUT2D eigenvalue weighted by Crippen LogP contribution is -2.37. The van der Waals surface area contributed by atoms with Gasteiger partial charge in [0.05, 0.1) is 11.1 Å². The zero-order valence-corrected chi connectivity index (χ0v) is 19.2. The number of halogens is 1. The van der Waals surface area contributed by atoms with Crippen LogP contribution in [0.3, 0.4) is 0 Å². The van der Waals surface area contributed by atoms with Crippen LogP contribution in [-0.4, -0.2) is 40.0 Å². The maximum absolute atomic E-state index is 13.8. The molecule has 0 atom stereocenters. The second kappa shape index (κ2) is 10.5. The van der Waals surface area contributed by atoms with E-state index in [9.17, 15) is 18.8 Å². The molecule has 4 rings (SSSR count). The summed E-state index contributed by atoms with van der Waals surface area (Å²) < 4.78 is 19.5. The van der Waals surface area contributed by atoms with Crippen LogP contribution in [0.5, 0.6) is 0 Å². The van der Waals surface area contributed by atoms with Gasteiger partial charge >= 0.3 is 0 Å². The zero-order valence-electron chi connectivity index (χ0n) is 18.4. The first-order valence-corrected chi connectivity index (χ1v) is 11.5. The van der Waals surface area contributed by atoms with Crippen LogP contribution in [0.4, 0.5) is 9.18 Å². The number of aromatic nitrogens is 1. The molecule has 7 nitrogen and oxygen atoms in total. The Labute approximate surface area is 200 Å². The van der Waals surface area contributed by atoms with Crippen LogP contribution in [0.2, 0.25) is 0 Å². The topological polar surface area (TPSA) is 92.5 Å². The van der Waals surface area contributed by atoms with E-state index in [-0.39, 0.29) is 35.9 Å². The summed E-state index contributed by atoms with van der Waals surface area (Å²) in [5, 5.41) is 2.24. The molecule has 1 saturated heterocycles. The van der Waals surface area contributed by atoms with Crippen LogP contribution < -0.4 is 5.32 Å². The van der Waals surface area contributed by atoms with Gasteiger partial charge in [-0.15, -0.1) is 0 Å². The summed E-state index contributed by atoms with van der Waals surface area (Å²) in [7, 11) is 0. The minimum Gasteiger partial charge on any atom is -0.441 e. The van der Waals surface area contributed by atoms with Crippen molar-refractivity contribution in [1.29, 1.82) is 0 Å². The molecule has 0 aliphatic carbocycles. The maximum atomic E-state index is 13.8. The van der Waals surface area contributed by atoms with Crippen LogP contribution in [0.25, 0.3) is 17.4 Å². The number of aryl methyl sites for hydroxylation is 2. The Bertz CT molecular complexity index is 1250. The van der Waals surface area contributed by atoms with Crippen LogP contribution >= 0.6 is 11.8 Å². The molecule has 0 radical (unpaired) electrons. The van der Waals surface area contributed by atoms with Crippen molar-refractivity contribution < 1.29 is 23.2 Å². The van der Waals surface area contributed by atoms with E-state index >= 15 is 0 Å². The molecule has 2 aromatic carbocycles. The van der Waals surface area contributed by atoms with Gasteiger partial charge < -0.3 is 9.73 Å². The number of thioether (sulfide) groups is 1. The van der Waals surface area contributed by atoms with Gasteiger partial charge in [0.2, 0.25) is 5.91 Å². The standard InChI is InChI=1S/C25H22FN3O4S/c1-16-6-8-17(9-7-16)20-15-28-23(33-20)11-10-22(30)27-12-13-29-24(31)21(34-25(29)32)14-18-4-2-3-5-19(18)26/h2-9,14-15H,10-13H2,1H3,(H,27,30)/b21-14-. The van der Waals surface area contributed by atoms with E-state index in [2.05, 4.69) is 10.3 Å². The van der Waals surface area contributed by atoms with Crippen LogP contribution in [0.15, 0.2) is 64.1 Å². The smallest absolute Gasteiger partial charge is 0.293 e. The summed E-state index contributed by atoms with van der Waals surface area (Å²) >= 11 is 0.751. The lowest BCUT2D eigenvalue weighted by Gasteiger charge is -2.12. The summed E-state index contributed by atoms with van der Waals surface area (Å²) in [6.45, 7) is 2.15. The van der Waals surface area contributed by atoms with Crippen LogP contribution in [-0.2, 0) is 16.0 Å². The largest absolute Gasteiger partial charge is 0.441 e. The van der Waals surface area contributed by atoms with Gasteiger partial charge in [-0.25, -0.2) is 9.37 Å². The van der Waals surface area contributed by atoms with Gasteiger partial charge in [-0.1, -0.05) is 48.0 Å². The van der Waals surface area contributed by atoms with Gasteiger partial charge in [0.25, 0.3) is 11.1 Å². The Morgan fingerprint density at radius 2 is 1.94 bits per heavy atom.